The third-order valence-corrected chi connectivity index (χ3v) is 5.92. The molecule has 0 N–H and O–H groups in total. The highest BCUT2D eigenvalue weighted by Crippen LogP contribution is 2.23. The number of fused-ring (bicyclic) bond motifs is 1. The Balaban J connectivity index is 2.20. The van der Waals surface area contributed by atoms with Gasteiger partial charge in [0.2, 0.25) is 15.3 Å². The van der Waals surface area contributed by atoms with Gasteiger partial charge in [-0.1, -0.05) is 19.1 Å². The first kappa shape index (κ1) is 18.2. The number of hydrogen-bond donors (Lipinski definition) is 0. The summed E-state index contributed by atoms with van der Waals surface area (Å²) in [5.41, 5.74) is 0.270. The zero-order valence-corrected chi connectivity index (χ0v) is 15.6. The number of benzene rings is 2. The SMILES string of the molecule is CCCn1cc(S(=O)(=O)c2ccc(OCC)cc2)c(=O)c2ccccc21. The van der Waals surface area contributed by atoms with E-state index < -0.39 is 15.3 Å². The fourth-order valence-electron chi connectivity index (χ4n) is 2.94. The molecule has 6 heteroatoms. The summed E-state index contributed by atoms with van der Waals surface area (Å²) in [5, 5.41) is 0.410. The van der Waals surface area contributed by atoms with E-state index in [2.05, 4.69) is 0 Å². The molecule has 0 saturated carbocycles. The molecule has 2 aromatic carbocycles. The van der Waals surface area contributed by atoms with E-state index in [0.717, 1.165) is 11.9 Å². The van der Waals surface area contributed by atoms with Gasteiger partial charge in [0.15, 0.2) is 0 Å². The molecule has 0 spiro atoms. The number of ether oxygens (including phenoxy) is 1. The van der Waals surface area contributed by atoms with Crippen LogP contribution in [0.3, 0.4) is 0 Å². The van der Waals surface area contributed by atoms with Crippen LogP contribution in [0.4, 0.5) is 0 Å². The number of nitrogens with zero attached hydrogens (tertiary/aromatic N) is 1. The standard InChI is InChI=1S/C20H21NO4S/c1-3-13-21-14-19(20(22)17-7-5-6-8-18(17)21)26(23,24)16-11-9-15(10-12-16)25-4-2/h5-12,14H,3-4,13H2,1-2H3. The van der Waals surface area contributed by atoms with Crippen molar-refractivity contribution in [1.29, 1.82) is 0 Å². The lowest BCUT2D eigenvalue weighted by molar-refractivity contribution is 0.340. The van der Waals surface area contributed by atoms with E-state index in [4.69, 9.17) is 4.74 Å². The highest BCUT2D eigenvalue weighted by molar-refractivity contribution is 7.91. The van der Waals surface area contributed by atoms with Crippen LogP contribution in [0.1, 0.15) is 20.3 Å². The Bertz CT molecular complexity index is 1080. The van der Waals surface area contributed by atoms with Gasteiger partial charge >= 0.3 is 0 Å². The second-order valence-electron chi connectivity index (χ2n) is 5.94. The van der Waals surface area contributed by atoms with E-state index >= 15 is 0 Å². The summed E-state index contributed by atoms with van der Waals surface area (Å²) in [5.74, 6) is 0.591. The van der Waals surface area contributed by atoms with Crippen LogP contribution in [0.25, 0.3) is 10.9 Å². The Hall–Kier alpha value is -2.60. The van der Waals surface area contributed by atoms with E-state index in [1.165, 1.54) is 18.3 Å². The van der Waals surface area contributed by atoms with E-state index in [0.29, 0.717) is 24.3 Å². The molecule has 1 aromatic heterocycles. The maximum Gasteiger partial charge on any atom is 0.211 e. The predicted molar refractivity (Wildman–Crippen MR) is 102 cm³/mol. The number of aromatic nitrogens is 1. The molecule has 0 amide bonds. The van der Waals surface area contributed by atoms with Crippen LogP contribution >= 0.6 is 0 Å². The number of hydrogen-bond acceptors (Lipinski definition) is 4. The largest absolute Gasteiger partial charge is 0.494 e. The first-order valence-corrected chi connectivity index (χ1v) is 10.1. The number of aryl methyl sites for hydroxylation is 1. The second-order valence-corrected chi connectivity index (χ2v) is 7.86. The van der Waals surface area contributed by atoms with Crippen LogP contribution in [0.15, 0.2) is 69.3 Å². The summed E-state index contributed by atoms with van der Waals surface area (Å²) in [7, 11) is -3.92. The lowest BCUT2D eigenvalue weighted by Gasteiger charge is -2.13. The Morgan fingerprint density at radius 3 is 2.35 bits per heavy atom. The predicted octanol–water partition coefficient (Wildman–Crippen LogP) is 3.64. The maximum absolute atomic E-state index is 13.1. The van der Waals surface area contributed by atoms with Crippen molar-refractivity contribution in [2.45, 2.75) is 36.6 Å². The van der Waals surface area contributed by atoms with Crippen molar-refractivity contribution in [2.75, 3.05) is 6.61 Å². The minimum absolute atomic E-state index is 0.0800. The zero-order valence-electron chi connectivity index (χ0n) is 14.8. The quantitative estimate of drug-likeness (QED) is 0.663. The Labute approximate surface area is 152 Å². The molecule has 0 unspecified atom stereocenters. The molecular formula is C20H21NO4S. The van der Waals surface area contributed by atoms with Crippen LogP contribution < -0.4 is 10.2 Å². The summed E-state index contributed by atoms with van der Waals surface area (Å²) in [4.78, 5) is 12.7. The average Bonchev–Trinajstić information content (AvgIpc) is 2.65. The summed E-state index contributed by atoms with van der Waals surface area (Å²) in [6.45, 7) is 4.99. The molecule has 0 aliphatic rings. The van der Waals surface area contributed by atoms with Gasteiger partial charge in [-0.05, 0) is 49.7 Å². The monoisotopic (exact) mass is 371 g/mol. The van der Waals surface area contributed by atoms with Gasteiger partial charge in [0, 0.05) is 18.1 Å². The van der Waals surface area contributed by atoms with Crippen molar-refractivity contribution in [1.82, 2.24) is 4.57 Å². The minimum Gasteiger partial charge on any atom is -0.494 e. The normalized spacial score (nSPS) is 11.6. The Morgan fingerprint density at radius 1 is 1.00 bits per heavy atom. The van der Waals surface area contributed by atoms with Crippen LogP contribution in [0.5, 0.6) is 5.75 Å². The van der Waals surface area contributed by atoms with Gasteiger partial charge in [0.25, 0.3) is 0 Å². The number of rotatable bonds is 6. The molecule has 3 aromatic rings. The van der Waals surface area contributed by atoms with Crippen LogP contribution in [0, 0.1) is 0 Å². The highest BCUT2D eigenvalue weighted by Gasteiger charge is 2.23. The molecule has 0 aliphatic carbocycles. The van der Waals surface area contributed by atoms with Crippen molar-refractivity contribution in [3.8, 4) is 5.75 Å². The number of sulfone groups is 1. The van der Waals surface area contributed by atoms with Gasteiger partial charge in [-0.15, -0.1) is 0 Å². The summed E-state index contributed by atoms with van der Waals surface area (Å²) in [6, 6.07) is 13.2. The van der Waals surface area contributed by atoms with Crippen LogP contribution in [-0.2, 0) is 16.4 Å². The van der Waals surface area contributed by atoms with Crippen LogP contribution in [-0.4, -0.2) is 19.6 Å². The zero-order chi connectivity index (χ0) is 18.7. The third kappa shape index (κ3) is 3.24. The molecule has 0 fully saturated rings. The number of para-hydroxylation sites is 1. The molecule has 1 heterocycles. The van der Waals surface area contributed by atoms with Gasteiger partial charge < -0.3 is 9.30 Å². The Kier molecular flexibility index (Phi) is 5.13. The van der Waals surface area contributed by atoms with Crippen molar-refractivity contribution >= 4 is 20.7 Å². The third-order valence-electron chi connectivity index (χ3n) is 4.15. The van der Waals surface area contributed by atoms with Gasteiger partial charge in [0.1, 0.15) is 10.6 Å². The fraction of sp³-hybridized carbons (Fsp3) is 0.250. The highest BCUT2D eigenvalue weighted by atomic mass is 32.2. The summed E-state index contributed by atoms with van der Waals surface area (Å²) < 4.78 is 33.3. The molecule has 136 valence electrons. The average molecular weight is 371 g/mol. The van der Waals surface area contributed by atoms with Crippen molar-refractivity contribution in [3.05, 3.63) is 65.0 Å². The van der Waals surface area contributed by atoms with Crippen molar-refractivity contribution in [3.63, 3.8) is 0 Å². The smallest absolute Gasteiger partial charge is 0.211 e. The maximum atomic E-state index is 13.1. The molecule has 5 nitrogen and oxygen atoms in total. The van der Waals surface area contributed by atoms with Gasteiger partial charge in [-0.3, -0.25) is 4.79 Å². The summed E-state index contributed by atoms with van der Waals surface area (Å²) in [6.07, 6.45) is 2.29. The molecule has 3 rings (SSSR count). The molecule has 0 atom stereocenters. The fourth-order valence-corrected chi connectivity index (χ4v) is 4.31. The summed E-state index contributed by atoms with van der Waals surface area (Å²) >= 11 is 0. The first-order valence-electron chi connectivity index (χ1n) is 8.59. The number of pyridine rings is 1. The van der Waals surface area contributed by atoms with E-state index in [1.807, 2.05) is 30.5 Å². The second kappa shape index (κ2) is 7.33. The van der Waals surface area contributed by atoms with E-state index in [-0.39, 0.29) is 9.79 Å². The van der Waals surface area contributed by atoms with Crippen molar-refractivity contribution < 1.29 is 13.2 Å². The lowest BCUT2D eigenvalue weighted by atomic mass is 10.2. The Morgan fingerprint density at radius 2 is 1.69 bits per heavy atom. The first-order chi connectivity index (χ1) is 12.5. The van der Waals surface area contributed by atoms with Gasteiger partial charge in [-0.25, -0.2) is 8.42 Å². The molecule has 0 aliphatic heterocycles. The molecule has 26 heavy (non-hydrogen) atoms. The molecule has 0 saturated heterocycles. The van der Waals surface area contributed by atoms with E-state index in [1.54, 1.807) is 24.3 Å². The van der Waals surface area contributed by atoms with Crippen molar-refractivity contribution in [2.24, 2.45) is 0 Å². The lowest BCUT2D eigenvalue weighted by Crippen LogP contribution is -2.19. The minimum atomic E-state index is -3.92. The van der Waals surface area contributed by atoms with Gasteiger partial charge in [-0.2, -0.15) is 0 Å². The van der Waals surface area contributed by atoms with Crippen LogP contribution in [0.2, 0.25) is 0 Å². The van der Waals surface area contributed by atoms with E-state index in [9.17, 15) is 13.2 Å². The molecule has 0 radical (unpaired) electrons. The van der Waals surface area contributed by atoms with Gasteiger partial charge in [0.05, 0.1) is 17.0 Å². The molecule has 0 bridgehead atoms. The topological polar surface area (TPSA) is 65.4 Å². The molecular weight excluding hydrogens is 350 g/mol.